The summed E-state index contributed by atoms with van der Waals surface area (Å²) in [5.74, 6) is -9.47. The molecule has 0 aliphatic heterocycles. The first-order valence-electron chi connectivity index (χ1n) is 11.1. The second-order valence-electron chi connectivity index (χ2n) is 8.23. The predicted octanol–water partition coefficient (Wildman–Crippen LogP) is 8.61. The quantitative estimate of drug-likeness (QED) is 0.206. The van der Waals surface area contributed by atoms with Crippen LogP contribution in [0, 0.1) is 29.1 Å². The van der Waals surface area contributed by atoms with Crippen LogP contribution in [0.5, 0.6) is 11.5 Å². The molecule has 0 unspecified atom stereocenters. The van der Waals surface area contributed by atoms with E-state index < -0.39 is 70.9 Å². The van der Waals surface area contributed by atoms with Gasteiger partial charge in [-0.15, -0.1) is 13.2 Å². The van der Waals surface area contributed by atoms with E-state index in [1.165, 1.54) is 12.1 Å². The van der Waals surface area contributed by atoms with Crippen LogP contribution in [0.15, 0.2) is 36.4 Å². The molecule has 0 saturated heterocycles. The van der Waals surface area contributed by atoms with E-state index in [1.54, 1.807) is 6.07 Å². The van der Waals surface area contributed by atoms with E-state index in [0.29, 0.717) is 30.2 Å². The Morgan fingerprint density at radius 1 is 0.750 bits per heavy atom. The largest absolute Gasteiger partial charge is 0.573 e. The maximum atomic E-state index is 15.2. The zero-order valence-electron chi connectivity index (χ0n) is 19.0. The van der Waals surface area contributed by atoms with Crippen molar-refractivity contribution in [2.45, 2.75) is 51.8 Å². The van der Waals surface area contributed by atoms with Crippen LogP contribution in [-0.4, -0.2) is 6.36 Å². The highest BCUT2D eigenvalue weighted by atomic mass is 19.4. The molecule has 0 bridgehead atoms. The molecule has 0 aromatic heterocycles. The Morgan fingerprint density at radius 2 is 1.39 bits per heavy atom. The van der Waals surface area contributed by atoms with Crippen LogP contribution >= 0.6 is 0 Å². The highest BCUT2D eigenvalue weighted by Crippen LogP contribution is 2.38. The van der Waals surface area contributed by atoms with E-state index in [1.807, 2.05) is 6.92 Å². The number of aryl methyl sites for hydroxylation is 2. The van der Waals surface area contributed by atoms with Crippen molar-refractivity contribution >= 4 is 0 Å². The normalized spacial score (nSPS) is 11.7. The van der Waals surface area contributed by atoms with Crippen molar-refractivity contribution in [3.05, 3.63) is 82.2 Å². The first-order valence-corrected chi connectivity index (χ1v) is 11.1. The van der Waals surface area contributed by atoms with E-state index in [2.05, 4.69) is 4.74 Å². The van der Waals surface area contributed by atoms with Crippen molar-refractivity contribution in [3.8, 4) is 22.6 Å². The minimum atomic E-state index is -5.32. The molecule has 0 aliphatic carbocycles. The summed E-state index contributed by atoms with van der Waals surface area (Å²) in [5, 5.41) is 12.3. The molecule has 0 amide bonds. The molecule has 0 N–H and O–H groups in total. The molecule has 0 fully saturated rings. The third kappa shape index (κ3) is 6.47. The molecule has 3 aromatic carbocycles. The van der Waals surface area contributed by atoms with Gasteiger partial charge in [0.15, 0.2) is 17.4 Å². The number of hydrogen-bond acceptors (Lipinski definition) is 1. The second kappa shape index (κ2) is 11.2. The highest BCUT2D eigenvalue weighted by molar-refractivity contribution is 5.72. The van der Waals surface area contributed by atoms with Gasteiger partial charge in [0, 0.05) is 17.2 Å². The summed E-state index contributed by atoms with van der Waals surface area (Å²) < 4.78 is 112. The number of unbranched alkanes of at least 4 members (excludes halogenated alkanes) is 2. The van der Waals surface area contributed by atoms with E-state index >= 15 is 4.39 Å². The monoisotopic (exact) mass is 517 g/mol. The molecule has 0 atom stereocenters. The first kappa shape index (κ1) is 27.3. The minimum absolute atomic E-state index is 0.214. The molecule has 193 valence electrons. The van der Waals surface area contributed by atoms with Gasteiger partial charge in [0.05, 0.1) is 5.56 Å². The Labute approximate surface area is 202 Å². The number of rotatable bonds is 9. The first-order chi connectivity index (χ1) is 16.9. The van der Waals surface area contributed by atoms with Gasteiger partial charge in [-0.3, -0.25) is 5.11 Å². The molecule has 0 heterocycles. The van der Waals surface area contributed by atoms with Crippen LogP contribution in [0.2, 0.25) is 0 Å². The third-order valence-electron chi connectivity index (χ3n) is 5.59. The van der Waals surface area contributed by atoms with Gasteiger partial charge in [-0.25, -0.2) is 22.0 Å². The topological polar surface area (TPSA) is 29.1 Å². The molecular weight excluding hydrogens is 496 g/mol. The fraction of sp³-hybridized carbons (Fsp3) is 0.308. The molecule has 0 spiro atoms. The summed E-state index contributed by atoms with van der Waals surface area (Å²) >= 11 is 0. The molecule has 0 aliphatic rings. The van der Waals surface area contributed by atoms with E-state index in [-0.39, 0.29) is 11.1 Å². The van der Waals surface area contributed by atoms with Crippen LogP contribution in [0.3, 0.4) is 0 Å². The highest BCUT2D eigenvalue weighted by Gasteiger charge is 2.34. The van der Waals surface area contributed by atoms with Gasteiger partial charge in [-0.05, 0) is 55.0 Å². The average molecular weight is 517 g/mol. The van der Waals surface area contributed by atoms with Gasteiger partial charge < -0.3 is 4.74 Å². The lowest BCUT2D eigenvalue weighted by Gasteiger charge is -2.14. The summed E-state index contributed by atoms with van der Waals surface area (Å²) in [6.07, 6.45) is -2.92. The number of benzene rings is 3. The van der Waals surface area contributed by atoms with E-state index in [4.69, 9.17) is 0 Å². The molecule has 10 heteroatoms. The molecule has 2 nitrogen and oxygen atoms in total. The summed E-state index contributed by atoms with van der Waals surface area (Å²) in [7, 11) is 0. The fourth-order valence-electron chi connectivity index (χ4n) is 3.85. The van der Waals surface area contributed by atoms with Gasteiger partial charge in [0.1, 0.15) is 17.5 Å². The van der Waals surface area contributed by atoms with Gasteiger partial charge in [0.25, 0.3) is 0 Å². The molecular formula is C26H21F8O2. The fourth-order valence-corrected chi connectivity index (χ4v) is 3.85. The zero-order valence-corrected chi connectivity index (χ0v) is 19.0. The molecule has 1 radical (unpaired) electrons. The number of ether oxygens (including phenoxy) is 1. The second-order valence-corrected chi connectivity index (χ2v) is 8.23. The van der Waals surface area contributed by atoms with Crippen molar-refractivity contribution < 1.29 is 45.0 Å². The van der Waals surface area contributed by atoms with Gasteiger partial charge >= 0.3 is 6.36 Å². The van der Waals surface area contributed by atoms with Crippen molar-refractivity contribution in [2.24, 2.45) is 0 Å². The molecule has 3 aromatic rings. The van der Waals surface area contributed by atoms with Gasteiger partial charge in [0.2, 0.25) is 5.75 Å². The van der Waals surface area contributed by atoms with Crippen LogP contribution in [-0.2, 0) is 24.4 Å². The Bertz CT molecular complexity index is 1210. The molecule has 3 rings (SSSR count). The standard InChI is InChI=1S/C26H21F8O2/c1-2-3-4-5-14-6-8-16(18(27)10-14)23-22(35)13-19(28)17(24(23)31)9-7-15-11-20(29)25(21(30)12-15)36-26(32,33)34/h6,8,10-13H,2-5,7,9H2,1H3. The van der Waals surface area contributed by atoms with E-state index in [9.17, 15) is 35.8 Å². The Balaban J connectivity index is 1.88. The van der Waals surface area contributed by atoms with Crippen molar-refractivity contribution in [1.29, 1.82) is 0 Å². The lowest BCUT2D eigenvalue weighted by molar-refractivity contribution is -0.276. The van der Waals surface area contributed by atoms with Crippen LogP contribution < -0.4 is 4.74 Å². The number of alkyl halides is 3. The zero-order chi connectivity index (χ0) is 26.6. The van der Waals surface area contributed by atoms with Crippen molar-refractivity contribution in [3.63, 3.8) is 0 Å². The third-order valence-corrected chi connectivity index (χ3v) is 5.59. The van der Waals surface area contributed by atoms with Gasteiger partial charge in [-0.2, -0.15) is 0 Å². The van der Waals surface area contributed by atoms with Gasteiger partial charge in [-0.1, -0.05) is 31.9 Å². The summed E-state index contributed by atoms with van der Waals surface area (Å²) in [4.78, 5) is 0. The van der Waals surface area contributed by atoms with E-state index in [0.717, 1.165) is 19.3 Å². The van der Waals surface area contributed by atoms with Crippen LogP contribution in [0.4, 0.5) is 35.1 Å². The summed E-state index contributed by atoms with van der Waals surface area (Å²) in [6.45, 7) is 2.01. The average Bonchev–Trinajstić information content (AvgIpc) is 2.77. The van der Waals surface area contributed by atoms with Crippen LogP contribution in [0.1, 0.15) is 42.9 Å². The SMILES string of the molecule is CCCCCc1ccc(-c2c([O])cc(F)c(CCc3cc(F)c(OC(F)(F)F)c(F)c3)c2F)c(F)c1. The minimum Gasteiger partial charge on any atom is -0.399 e. The maximum Gasteiger partial charge on any atom is 0.573 e. The smallest absolute Gasteiger partial charge is 0.399 e. The Morgan fingerprint density at radius 3 is 1.97 bits per heavy atom. The Kier molecular flexibility index (Phi) is 8.47. The van der Waals surface area contributed by atoms with Crippen molar-refractivity contribution in [1.82, 2.24) is 0 Å². The lowest BCUT2D eigenvalue weighted by atomic mass is 9.95. The Hall–Kier alpha value is -3.30. The maximum absolute atomic E-state index is 15.2. The lowest BCUT2D eigenvalue weighted by Crippen LogP contribution is -2.19. The number of hydrogen-bond donors (Lipinski definition) is 0. The summed E-state index contributed by atoms with van der Waals surface area (Å²) in [6, 6.07) is 5.54. The van der Waals surface area contributed by atoms with Crippen molar-refractivity contribution in [2.75, 3.05) is 0 Å². The molecule has 0 saturated carbocycles. The predicted molar refractivity (Wildman–Crippen MR) is 116 cm³/mol. The summed E-state index contributed by atoms with van der Waals surface area (Å²) in [5.41, 5.74) is -1.23. The molecule has 36 heavy (non-hydrogen) atoms. The van der Waals surface area contributed by atoms with Crippen LogP contribution in [0.25, 0.3) is 11.1 Å². The number of halogens is 8.